The maximum absolute atomic E-state index is 14.1. The van der Waals surface area contributed by atoms with Gasteiger partial charge in [0.05, 0.1) is 37.5 Å². The van der Waals surface area contributed by atoms with E-state index in [0.29, 0.717) is 82.3 Å². The van der Waals surface area contributed by atoms with E-state index in [4.69, 9.17) is 42.1 Å². The van der Waals surface area contributed by atoms with Crippen LogP contribution in [-0.2, 0) is 4.79 Å². The van der Waals surface area contributed by atoms with Gasteiger partial charge >= 0.3 is 0 Å². The van der Waals surface area contributed by atoms with Crippen LogP contribution in [0, 0.1) is 0 Å². The highest BCUT2D eigenvalue weighted by Gasteiger charge is 2.37. The third-order valence-electron chi connectivity index (χ3n) is 11.8. The molecule has 8 aromatic rings. The minimum atomic E-state index is -0.687. The Kier molecular flexibility index (Phi) is 10.4. The molecule has 4 aromatic heterocycles. The summed E-state index contributed by atoms with van der Waals surface area (Å²) in [5, 5.41) is 6.00. The summed E-state index contributed by atoms with van der Waals surface area (Å²) in [6, 6.07) is 26.2. The van der Waals surface area contributed by atoms with Crippen molar-refractivity contribution in [3.8, 4) is 34.3 Å². The Morgan fingerprint density at radius 1 is 0.730 bits per heavy atom. The summed E-state index contributed by atoms with van der Waals surface area (Å²) in [5.74, 6) is 1.94. The van der Waals surface area contributed by atoms with Crippen LogP contribution < -0.4 is 14.8 Å². The summed E-state index contributed by atoms with van der Waals surface area (Å²) >= 11 is 12.7. The first-order valence-electron chi connectivity index (χ1n) is 20.4. The van der Waals surface area contributed by atoms with Gasteiger partial charge in [-0.2, -0.15) is 0 Å². The van der Waals surface area contributed by atoms with Crippen molar-refractivity contribution in [2.75, 3.05) is 32.6 Å². The smallest absolute Gasteiger partial charge is 0.273 e. The fourth-order valence-corrected chi connectivity index (χ4v) is 9.16. The maximum atomic E-state index is 14.1. The zero-order valence-electron chi connectivity index (χ0n) is 34.0. The third-order valence-corrected chi connectivity index (χ3v) is 12.2. The van der Waals surface area contributed by atoms with E-state index in [0.717, 1.165) is 34.8 Å². The molecule has 14 nitrogen and oxygen atoms in total. The first-order chi connectivity index (χ1) is 30.7. The van der Waals surface area contributed by atoms with Gasteiger partial charge in [-0.05, 0) is 92.4 Å². The number of fused-ring (bicyclic) bond motifs is 3. The third kappa shape index (κ3) is 7.34. The lowest BCUT2D eigenvalue weighted by Gasteiger charge is -2.24. The molecule has 2 atom stereocenters. The van der Waals surface area contributed by atoms with Crippen LogP contribution in [0.5, 0.6) is 11.5 Å². The minimum Gasteiger partial charge on any atom is -0.496 e. The average molecular weight is 882 g/mol. The highest BCUT2D eigenvalue weighted by atomic mass is 35.5. The second kappa shape index (κ2) is 16.3. The van der Waals surface area contributed by atoms with Crippen LogP contribution in [0.2, 0.25) is 10.3 Å². The monoisotopic (exact) mass is 880 g/mol. The molecule has 0 radical (unpaired) electrons. The van der Waals surface area contributed by atoms with Crippen molar-refractivity contribution in [2.45, 2.75) is 37.8 Å². The lowest BCUT2D eigenvalue weighted by atomic mass is 10.1. The Morgan fingerprint density at radius 2 is 1.35 bits per heavy atom. The number of anilines is 1. The summed E-state index contributed by atoms with van der Waals surface area (Å²) in [4.78, 5) is 66.7. The first-order valence-corrected chi connectivity index (χ1v) is 21.2. The van der Waals surface area contributed by atoms with Crippen molar-refractivity contribution in [3.05, 3.63) is 125 Å². The Labute approximate surface area is 370 Å². The molecular formula is C47H38Cl2N8O6. The van der Waals surface area contributed by atoms with Crippen LogP contribution in [-0.4, -0.2) is 85.8 Å². The number of nitrogens with zero attached hydrogens (tertiary/aromatic N) is 6. The van der Waals surface area contributed by atoms with Crippen molar-refractivity contribution in [2.24, 2.45) is 0 Å². The molecule has 2 aliphatic heterocycles. The zero-order chi connectivity index (χ0) is 43.4. The van der Waals surface area contributed by atoms with E-state index in [1.54, 1.807) is 72.7 Å². The predicted molar refractivity (Wildman–Crippen MR) is 239 cm³/mol. The van der Waals surface area contributed by atoms with E-state index in [2.05, 4.69) is 25.3 Å². The van der Waals surface area contributed by atoms with Gasteiger partial charge in [-0.15, -0.1) is 0 Å². The first kappa shape index (κ1) is 40.1. The fourth-order valence-electron chi connectivity index (χ4n) is 8.77. The topological polar surface area (TPSA) is 169 Å². The average Bonchev–Trinajstić information content (AvgIpc) is 4.15. The van der Waals surface area contributed by atoms with E-state index in [9.17, 15) is 14.4 Å². The molecule has 3 amide bonds. The van der Waals surface area contributed by atoms with Crippen LogP contribution in [0.25, 0.3) is 55.4 Å². The normalized spacial score (nSPS) is 16.3. The SMILES string of the molecule is COc1cccc2c(C(=O)N3CCCC3C(=O)Nc3ccc(-c4ncc(-c5ccc6nc(C7CCCN7C(=O)c7nc(Cl)cc8c(OC)cccc78)[nH]c6c5)o4)cc3)nc(Cl)cc12. The van der Waals surface area contributed by atoms with Gasteiger partial charge in [0, 0.05) is 51.4 Å². The lowest BCUT2D eigenvalue weighted by molar-refractivity contribution is -0.119. The summed E-state index contributed by atoms with van der Waals surface area (Å²) in [7, 11) is 3.14. The maximum Gasteiger partial charge on any atom is 0.273 e. The quantitative estimate of drug-likeness (QED) is 0.133. The molecule has 2 saturated heterocycles. The molecule has 4 aromatic carbocycles. The number of aromatic amines is 1. The van der Waals surface area contributed by atoms with E-state index < -0.39 is 6.04 Å². The number of likely N-dealkylation sites (tertiary alicyclic amines) is 2. The van der Waals surface area contributed by atoms with E-state index in [-0.39, 0.29) is 45.5 Å². The molecule has 6 heterocycles. The minimum absolute atomic E-state index is 0.161. The van der Waals surface area contributed by atoms with Gasteiger partial charge in [-0.25, -0.2) is 19.9 Å². The number of carbonyl (C=O) groups is 3. The van der Waals surface area contributed by atoms with Crippen LogP contribution in [0.4, 0.5) is 5.69 Å². The number of methoxy groups -OCH3 is 2. The molecule has 2 N–H and O–H groups in total. The summed E-state index contributed by atoms with van der Waals surface area (Å²) in [6.07, 6.45) is 4.39. The molecule has 0 saturated carbocycles. The Morgan fingerprint density at radius 3 is 2.02 bits per heavy atom. The van der Waals surface area contributed by atoms with Crippen molar-refractivity contribution in [1.29, 1.82) is 0 Å². The molecule has 316 valence electrons. The second-order valence-corrected chi connectivity index (χ2v) is 16.2. The molecular weight excluding hydrogens is 843 g/mol. The molecule has 0 aliphatic carbocycles. The molecule has 2 fully saturated rings. The van der Waals surface area contributed by atoms with Gasteiger partial charge in [0.1, 0.15) is 45.1 Å². The number of amides is 3. The second-order valence-electron chi connectivity index (χ2n) is 15.5. The van der Waals surface area contributed by atoms with Crippen molar-refractivity contribution < 1.29 is 28.3 Å². The number of hydrogen-bond donors (Lipinski definition) is 2. The number of carbonyl (C=O) groups excluding carboxylic acids is 3. The van der Waals surface area contributed by atoms with E-state index in [1.807, 2.05) is 48.5 Å². The number of ether oxygens (including phenoxy) is 2. The molecule has 0 bridgehead atoms. The lowest BCUT2D eigenvalue weighted by Crippen LogP contribution is -2.43. The Bertz CT molecular complexity index is 3120. The van der Waals surface area contributed by atoms with E-state index >= 15 is 0 Å². The number of H-pyrrole nitrogens is 1. The standard InChI is InChI=1S/C47H38Cl2N8O6/c1-61-36-11-3-7-28-30(36)22-39(48)54-41(28)46(59)56-19-5-9-34(56)43-52-32-18-15-26(21-33(32)53-43)38-24-50-45(63-38)25-13-16-27(17-14-25)51-44(58)35-10-6-20-57(35)47(60)42-29-8-4-12-37(62-2)31(29)23-40(49)55-42/h3-4,7-8,11-18,21-24,34-35H,5-6,9-10,19-20H2,1-2H3,(H,51,58)(H,52,53). The molecule has 0 spiro atoms. The van der Waals surface area contributed by atoms with Gasteiger partial charge in [0.15, 0.2) is 5.76 Å². The number of oxazole rings is 1. The van der Waals surface area contributed by atoms with Crippen LogP contribution in [0.1, 0.15) is 58.5 Å². The molecule has 63 heavy (non-hydrogen) atoms. The van der Waals surface area contributed by atoms with Gasteiger partial charge in [-0.1, -0.05) is 47.5 Å². The number of nitrogens with one attached hydrogen (secondary N) is 2. The summed E-state index contributed by atoms with van der Waals surface area (Å²) in [5.41, 5.74) is 4.05. The fraction of sp³-hybridized carbons (Fsp3) is 0.213. The Hall–Kier alpha value is -7.03. The molecule has 2 aliphatic rings. The van der Waals surface area contributed by atoms with Gasteiger partial charge < -0.3 is 34.0 Å². The number of benzene rings is 4. The van der Waals surface area contributed by atoms with Crippen LogP contribution in [0.15, 0.2) is 102 Å². The van der Waals surface area contributed by atoms with Crippen molar-refractivity contribution >= 4 is 79.2 Å². The van der Waals surface area contributed by atoms with Crippen LogP contribution in [0.3, 0.4) is 0 Å². The van der Waals surface area contributed by atoms with Gasteiger partial charge in [-0.3, -0.25) is 14.4 Å². The highest BCUT2D eigenvalue weighted by molar-refractivity contribution is 6.31. The number of halogens is 2. The largest absolute Gasteiger partial charge is 0.496 e. The van der Waals surface area contributed by atoms with Crippen LogP contribution >= 0.6 is 23.2 Å². The zero-order valence-corrected chi connectivity index (χ0v) is 35.5. The predicted octanol–water partition coefficient (Wildman–Crippen LogP) is 9.53. The number of rotatable bonds is 9. The van der Waals surface area contributed by atoms with Crippen molar-refractivity contribution in [3.63, 3.8) is 0 Å². The molecule has 10 rings (SSSR count). The van der Waals surface area contributed by atoms with E-state index in [1.165, 1.54) is 0 Å². The molecule has 16 heteroatoms. The number of aromatic nitrogens is 5. The summed E-state index contributed by atoms with van der Waals surface area (Å²) in [6.45, 7) is 0.963. The molecule has 2 unspecified atom stereocenters. The summed E-state index contributed by atoms with van der Waals surface area (Å²) < 4.78 is 17.2. The van der Waals surface area contributed by atoms with Gasteiger partial charge in [0.25, 0.3) is 11.8 Å². The number of pyridine rings is 2. The number of imidazole rings is 1. The Balaban J connectivity index is 0.825. The van der Waals surface area contributed by atoms with Gasteiger partial charge in [0.2, 0.25) is 11.8 Å². The highest BCUT2D eigenvalue weighted by Crippen LogP contribution is 2.37. The van der Waals surface area contributed by atoms with Crippen molar-refractivity contribution in [1.82, 2.24) is 34.7 Å². The number of hydrogen-bond acceptors (Lipinski definition) is 10.